The van der Waals surface area contributed by atoms with Crippen LogP contribution >= 0.6 is 0 Å². The summed E-state index contributed by atoms with van der Waals surface area (Å²) in [6.07, 6.45) is 3.00. The lowest BCUT2D eigenvalue weighted by Gasteiger charge is -2.13. The van der Waals surface area contributed by atoms with Crippen LogP contribution in [0, 0.1) is 0 Å². The average molecular weight is 241 g/mol. The summed E-state index contributed by atoms with van der Waals surface area (Å²) in [5, 5.41) is 3.65. The van der Waals surface area contributed by atoms with Gasteiger partial charge >= 0.3 is 10.1 Å². The van der Waals surface area contributed by atoms with Crippen molar-refractivity contribution in [3.05, 3.63) is 29.8 Å². The highest BCUT2D eigenvalue weighted by Gasteiger charge is 2.21. The minimum Gasteiger partial charge on any atom is -0.387 e. The lowest BCUT2D eigenvalue weighted by molar-refractivity contribution is 0.0846. The Labute approximate surface area is 93.8 Å². The van der Waals surface area contributed by atoms with Gasteiger partial charge in [0, 0.05) is 18.2 Å². The second-order valence-electron chi connectivity index (χ2n) is 3.44. The molecule has 0 aromatic heterocycles. The monoisotopic (exact) mass is 241 g/mol. The smallest absolute Gasteiger partial charge is 0.306 e. The molecular weight excluding hydrogens is 230 g/mol. The fourth-order valence-electron chi connectivity index (χ4n) is 1.47. The number of hydrogen-bond acceptors (Lipinski definition) is 5. The van der Waals surface area contributed by atoms with Gasteiger partial charge in [-0.3, -0.25) is 0 Å². The van der Waals surface area contributed by atoms with Gasteiger partial charge in [0.2, 0.25) is 0 Å². The maximum Gasteiger partial charge on any atom is 0.306 e. The van der Waals surface area contributed by atoms with Crippen molar-refractivity contribution in [1.29, 1.82) is 0 Å². The molecule has 0 amide bonds. The Balaban J connectivity index is 2.30. The van der Waals surface area contributed by atoms with Crippen molar-refractivity contribution in [3.63, 3.8) is 0 Å². The van der Waals surface area contributed by atoms with Crippen molar-refractivity contribution in [2.45, 2.75) is 12.5 Å². The molecule has 1 unspecified atom stereocenters. The average Bonchev–Trinajstić information content (AvgIpc) is 2.69. The molecule has 5 nitrogen and oxygen atoms in total. The standard InChI is InChI=1S/C10H11NO4S/c1-16(12,13)15-10-5-3-2-4-8(10)9-6-7-11-14-9/h2-5,7,9H,6H2,1H3. The summed E-state index contributed by atoms with van der Waals surface area (Å²) in [6.45, 7) is 0. The van der Waals surface area contributed by atoms with E-state index < -0.39 is 10.1 Å². The lowest BCUT2D eigenvalue weighted by atomic mass is 10.1. The van der Waals surface area contributed by atoms with Crippen molar-refractivity contribution in [3.8, 4) is 5.75 Å². The van der Waals surface area contributed by atoms with E-state index in [1.54, 1.807) is 30.5 Å². The molecule has 0 spiro atoms. The van der Waals surface area contributed by atoms with Gasteiger partial charge in [-0.25, -0.2) is 0 Å². The van der Waals surface area contributed by atoms with Gasteiger partial charge in [-0.15, -0.1) is 0 Å². The highest BCUT2D eigenvalue weighted by molar-refractivity contribution is 7.86. The normalized spacial score (nSPS) is 19.4. The molecule has 6 heteroatoms. The number of rotatable bonds is 3. The van der Waals surface area contributed by atoms with Crippen molar-refractivity contribution < 1.29 is 17.4 Å². The molecule has 0 saturated heterocycles. The molecule has 16 heavy (non-hydrogen) atoms. The van der Waals surface area contributed by atoms with Gasteiger partial charge in [0.25, 0.3) is 0 Å². The zero-order valence-corrected chi connectivity index (χ0v) is 9.48. The second-order valence-corrected chi connectivity index (χ2v) is 5.02. The SMILES string of the molecule is CS(=O)(=O)Oc1ccccc1C1CC=NO1. The molecule has 1 aliphatic heterocycles. The molecular formula is C10H11NO4S. The van der Waals surface area contributed by atoms with Crippen LogP contribution in [0.3, 0.4) is 0 Å². The summed E-state index contributed by atoms with van der Waals surface area (Å²) >= 11 is 0. The van der Waals surface area contributed by atoms with Gasteiger partial charge < -0.3 is 9.02 Å². The van der Waals surface area contributed by atoms with E-state index in [-0.39, 0.29) is 6.10 Å². The van der Waals surface area contributed by atoms with Crippen molar-refractivity contribution in [2.75, 3.05) is 6.26 Å². The highest BCUT2D eigenvalue weighted by Crippen LogP contribution is 2.32. The third kappa shape index (κ3) is 2.52. The molecule has 0 aliphatic carbocycles. The Bertz CT molecular complexity index is 501. The Morgan fingerprint density at radius 1 is 1.44 bits per heavy atom. The fourth-order valence-corrected chi connectivity index (χ4v) is 1.95. The van der Waals surface area contributed by atoms with Crippen LogP contribution in [-0.4, -0.2) is 20.9 Å². The first kappa shape index (κ1) is 10.9. The van der Waals surface area contributed by atoms with E-state index in [0.29, 0.717) is 17.7 Å². The molecule has 1 aromatic rings. The number of hydrogen-bond donors (Lipinski definition) is 0. The Morgan fingerprint density at radius 2 is 2.19 bits per heavy atom. The van der Waals surface area contributed by atoms with E-state index in [9.17, 15) is 8.42 Å². The molecule has 1 heterocycles. The summed E-state index contributed by atoms with van der Waals surface area (Å²) in [6, 6.07) is 6.86. The van der Waals surface area contributed by atoms with Gasteiger partial charge in [0.1, 0.15) is 5.75 Å². The van der Waals surface area contributed by atoms with E-state index in [4.69, 9.17) is 9.02 Å². The number of benzene rings is 1. The maximum atomic E-state index is 11.1. The van der Waals surface area contributed by atoms with E-state index in [1.165, 1.54) is 0 Å². The van der Waals surface area contributed by atoms with Crippen LogP contribution in [0.1, 0.15) is 18.1 Å². The summed E-state index contributed by atoms with van der Waals surface area (Å²) in [4.78, 5) is 5.09. The first-order chi connectivity index (χ1) is 7.56. The zero-order chi connectivity index (χ0) is 11.6. The van der Waals surface area contributed by atoms with E-state index >= 15 is 0 Å². The predicted octanol–water partition coefficient (Wildman–Crippen LogP) is 1.47. The molecule has 86 valence electrons. The van der Waals surface area contributed by atoms with Gasteiger partial charge in [-0.2, -0.15) is 8.42 Å². The van der Waals surface area contributed by atoms with Gasteiger partial charge in [-0.1, -0.05) is 23.4 Å². The summed E-state index contributed by atoms with van der Waals surface area (Å²) in [7, 11) is -3.53. The minimum absolute atomic E-state index is 0.266. The summed E-state index contributed by atoms with van der Waals surface area (Å²) < 4.78 is 27.0. The van der Waals surface area contributed by atoms with Gasteiger partial charge in [-0.05, 0) is 6.07 Å². The van der Waals surface area contributed by atoms with E-state index in [2.05, 4.69) is 5.16 Å². The minimum atomic E-state index is -3.53. The quantitative estimate of drug-likeness (QED) is 0.752. The molecule has 0 saturated carbocycles. The van der Waals surface area contributed by atoms with Crippen LogP contribution in [0.4, 0.5) is 0 Å². The predicted molar refractivity (Wildman–Crippen MR) is 58.8 cm³/mol. The third-order valence-corrected chi connectivity index (χ3v) is 2.57. The largest absolute Gasteiger partial charge is 0.387 e. The molecule has 1 atom stereocenters. The zero-order valence-electron chi connectivity index (χ0n) is 8.66. The van der Waals surface area contributed by atoms with Crippen LogP contribution in [-0.2, 0) is 15.0 Å². The third-order valence-electron chi connectivity index (χ3n) is 2.09. The van der Waals surface area contributed by atoms with Crippen LogP contribution < -0.4 is 4.18 Å². The molecule has 1 aliphatic rings. The van der Waals surface area contributed by atoms with Crippen molar-refractivity contribution >= 4 is 16.3 Å². The fraction of sp³-hybridized carbons (Fsp3) is 0.300. The Morgan fingerprint density at radius 3 is 2.81 bits per heavy atom. The molecule has 1 aromatic carbocycles. The first-order valence-corrected chi connectivity index (χ1v) is 6.54. The van der Waals surface area contributed by atoms with E-state index in [0.717, 1.165) is 6.26 Å². The number of oxime groups is 1. The van der Waals surface area contributed by atoms with Gasteiger partial charge in [0.15, 0.2) is 6.10 Å². The number of nitrogens with zero attached hydrogens (tertiary/aromatic N) is 1. The summed E-state index contributed by atoms with van der Waals surface area (Å²) in [5.41, 5.74) is 0.686. The molecule has 0 N–H and O–H groups in total. The topological polar surface area (TPSA) is 65.0 Å². The molecule has 0 bridgehead atoms. The van der Waals surface area contributed by atoms with E-state index in [1.807, 2.05) is 0 Å². The Kier molecular flexibility index (Phi) is 2.82. The molecule has 0 radical (unpaired) electrons. The highest BCUT2D eigenvalue weighted by atomic mass is 32.2. The number of para-hydroxylation sites is 1. The second kappa shape index (κ2) is 4.13. The van der Waals surface area contributed by atoms with Crippen LogP contribution in [0.25, 0.3) is 0 Å². The van der Waals surface area contributed by atoms with Crippen molar-refractivity contribution in [2.24, 2.45) is 5.16 Å². The van der Waals surface area contributed by atoms with Crippen LogP contribution in [0.2, 0.25) is 0 Å². The Hall–Kier alpha value is -1.56. The van der Waals surface area contributed by atoms with Crippen molar-refractivity contribution in [1.82, 2.24) is 0 Å². The van der Waals surface area contributed by atoms with Crippen LogP contribution in [0.15, 0.2) is 29.4 Å². The summed E-state index contributed by atoms with van der Waals surface area (Å²) in [5.74, 6) is 0.292. The molecule has 2 rings (SSSR count). The van der Waals surface area contributed by atoms with Crippen LogP contribution in [0.5, 0.6) is 5.75 Å². The lowest BCUT2D eigenvalue weighted by Crippen LogP contribution is -2.09. The maximum absolute atomic E-state index is 11.1. The molecule has 0 fully saturated rings. The first-order valence-electron chi connectivity index (χ1n) is 4.72. The van der Waals surface area contributed by atoms with Gasteiger partial charge in [0.05, 0.1) is 6.26 Å².